The molecule has 1 N–H and O–H groups in total. The zero-order valence-corrected chi connectivity index (χ0v) is 17.8. The normalized spacial score (nSPS) is 11.3. The molecular weight excluding hydrogens is 441 g/mol. The number of rotatable bonds is 7. The number of aromatic nitrogens is 3. The van der Waals surface area contributed by atoms with Crippen molar-refractivity contribution in [3.8, 4) is 34.1 Å². The maximum absolute atomic E-state index is 12.4. The van der Waals surface area contributed by atoms with Crippen LogP contribution >= 0.6 is 0 Å². The highest BCUT2D eigenvalue weighted by Crippen LogP contribution is 2.40. The van der Waals surface area contributed by atoms with E-state index in [1.54, 1.807) is 35.1 Å². The summed E-state index contributed by atoms with van der Waals surface area (Å²) in [5.74, 6) is 1.62. The van der Waals surface area contributed by atoms with E-state index in [0.29, 0.717) is 45.5 Å². The van der Waals surface area contributed by atoms with Crippen LogP contribution in [0.2, 0.25) is 0 Å². The molecule has 0 unspecified atom stereocenters. The average Bonchev–Trinajstić information content (AvgIpc) is 3.21. The van der Waals surface area contributed by atoms with Gasteiger partial charge in [-0.15, -0.1) is 13.2 Å². The molecule has 0 radical (unpaired) electrons. The highest BCUT2D eigenvalue weighted by Gasteiger charge is 2.31. The van der Waals surface area contributed by atoms with Gasteiger partial charge in [0.2, 0.25) is 5.75 Å². The van der Waals surface area contributed by atoms with Gasteiger partial charge in [-0.25, -0.2) is 9.50 Å². The van der Waals surface area contributed by atoms with Crippen LogP contribution in [0.3, 0.4) is 0 Å². The van der Waals surface area contributed by atoms with Crippen molar-refractivity contribution in [3.05, 3.63) is 54.9 Å². The first-order chi connectivity index (χ1) is 15.8. The van der Waals surface area contributed by atoms with Crippen molar-refractivity contribution in [1.29, 1.82) is 0 Å². The lowest BCUT2D eigenvalue weighted by atomic mass is 10.1. The summed E-state index contributed by atoms with van der Waals surface area (Å²) in [6.45, 7) is 0. The SMILES string of the molecule is COc1cc(Nc2ccn3ncc(-c4ccc(OC(F)(F)F)cc4)c3n2)cc(OC)c1OC. The van der Waals surface area contributed by atoms with Crippen LogP contribution < -0.4 is 24.3 Å². The summed E-state index contributed by atoms with van der Waals surface area (Å²) in [6, 6.07) is 10.7. The molecule has 0 amide bonds. The van der Waals surface area contributed by atoms with Crippen molar-refractivity contribution in [2.45, 2.75) is 6.36 Å². The van der Waals surface area contributed by atoms with Crippen LogP contribution in [0.15, 0.2) is 54.9 Å². The molecule has 4 aromatic rings. The molecule has 2 aromatic carbocycles. The number of alkyl halides is 3. The smallest absolute Gasteiger partial charge is 0.493 e. The molecule has 0 atom stereocenters. The number of hydrogen-bond donors (Lipinski definition) is 1. The molecule has 33 heavy (non-hydrogen) atoms. The van der Waals surface area contributed by atoms with E-state index in [1.807, 2.05) is 0 Å². The first-order valence-corrected chi connectivity index (χ1v) is 9.59. The van der Waals surface area contributed by atoms with Crippen molar-refractivity contribution in [2.75, 3.05) is 26.6 Å². The predicted octanol–water partition coefficient (Wildman–Crippen LogP) is 5.06. The van der Waals surface area contributed by atoms with Crippen LogP contribution in [0.4, 0.5) is 24.7 Å². The van der Waals surface area contributed by atoms with Gasteiger partial charge in [0.15, 0.2) is 17.1 Å². The van der Waals surface area contributed by atoms with E-state index >= 15 is 0 Å². The molecule has 0 aliphatic rings. The molecular formula is C22H19F3N4O4. The fraction of sp³-hybridized carbons (Fsp3) is 0.182. The Balaban J connectivity index is 1.65. The molecule has 0 fully saturated rings. The van der Waals surface area contributed by atoms with Crippen LogP contribution in [0.5, 0.6) is 23.0 Å². The molecule has 0 aliphatic carbocycles. The molecule has 11 heteroatoms. The van der Waals surface area contributed by atoms with Crippen molar-refractivity contribution >= 4 is 17.2 Å². The van der Waals surface area contributed by atoms with Gasteiger partial charge in [-0.3, -0.25) is 0 Å². The first kappa shape index (κ1) is 22.1. The summed E-state index contributed by atoms with van der Waals surface area (Å²) in [5.41, 5.74) is 2.44. The summed E-state index contributed by atoms with van der Waals surface area (Å²) >= 11 is 0. The second-order valence-corrected chi connectivity index (χ2v) is 6.75. The van der Waals surface area contributed by atoms with Gasteiger partial charge in [-0.05, 0) is 23.8 Å². The molecule has 8 nitrogen and oxygen atoms in total. The highest BCUT2D eigenvalue weighted by molar-refractivity contribution is 5.78. The summed E-state index contributed by atoms with van der Waals surface area (Å²) in [6.07, 6.45) is -1.45. The number of fused-ring (bicyclic) bond motifs is 1. The number of nitrogens with one attached hydrogen (secondary N) is 1. The monoisotopic (exact) mass is 460 g/mol. The Hall–Kier alpha value is -4.15. The lowest BCUT2D eigenvalue weighted by molar-refractivity contribution is -0.274. The van der Waals surface area contributed by atoms with E-state index in [4.69, 9.17) is 14.2 Å². The van der Waals surface area contributed by atoms with E-state index in [1.165, 1.54) is 45.6 Å². The van der Waals surface area contributed by atoms with E-state index in [0.717, 1.165) is 0 Å². The minimum absolute atomic E-state index is 0.305. The Bertz CT molecular complexity index is 1250. The van der Waals surface area contributed by atoms with Gasteiger partial charge < -0.3 is 24.3 Å². The van der Waals surface area contributed by atoms with Gasteiger partial charge in [0.1, 0.15) is 11.6 Å². The van der Waals surface area contributed by atoms with Gasteiger partial charge in [-0.1, -0.05) is 12.1 Å². The van der Waals surface area contributed by atoms with Crippen LogP contribution in [-0.2, 0) is 0 Å². The maximum atomic E-state index is 12.4. The molecule has 4 rings (SSSR count). The van der Waals surface area contributed by atoms with E-state index in [-0.39, 0.29) is 5.75 Å². The lowest BCUT2D eigenvalue weighted by Crippen LogP contribution is -2.16. The number of nitrogens with zero attached hydrogens (tertiary/aromatic N) is 3. The van der Waals surface area contributed by atoms with E-state index in [2.05, 4.69) is 20.1 Å². The number of benzene rings is 2. The van der Waals surface area contributed by atoms with E-state index in [9.17, 15) is 13.2 Å². The standard InChI is InChI=1S/C22H19F3N4O4/c1-30-17-10-14(11-18(31-2)20(17)32-3)27-19-8-9-29-21(28-19)16(12-26-29)13-4-6-15(7-5-13)33-22(23,24)25/h4-12H,1-3H3,(H,27,28). The second kappa shape index (κ2) is 8.77. The Morgan fingerprint density at radius 2 is 1.58 bits per heavy atom. The number of hydrogen-bond acceptors (Lipinski definition) is 7. The highest BCUT2D eigenvalue weighted by atomic mass is 19.4. The Morgan fingerprint density at radius 1 is 0.909 bits per heavy atom. The van der Waals surface area contributed by atoms with Crippen LogP contribution in [0, 0.1) is 0 Å². The molecule has 0 saturated heterocycles. The molecule has 2 heterocycles. The molecule has 0 spiro atoms. The molecule has 0 bridgehead atoms. The Kier molecular flexibility index (Phi) is 5.86. The van der Waals surface area contributed by atoms with Gasteiger partial charge in [-0.2, -0.15) is 5.10 Å². The fourth-order valence-electron chi connectivity index (χ4n) is 3.28. The van der Waals surface area contributed by atoms with Gasteiger partial charge in [0.25, 0.3) is 0 Å². The maximum Gasteiger partial charge on any atom is 0.573 e. The van der Waals surface area contributed by atoms with Crippen molar-refractivity contribution in [1.82, 2.24) is 14.6 Å². The van der Waals surface area contributed by atoms with Crippen LogP contribution in [-0.4, -0.2) is 42.3 Å². The van der Waals surface area contributed by atoms with E-state index < -0.39 is 6.36 Å². The molecule has 0 saturated carbocycles. The van der Waals surface area contributed by atoms with Crippen molar-refractivity contribution in [3.63, 3.8) is 0 Å². The third-order valence-electron chi connectivity index (χ3n) is 4.71. The second-order valence-electron chi connectivity index (χ2n) is 6.75. The zero-order valence-electron chi connectivity index (χ0n) is 17.8. The summed E-state index contributed by atoms with van der Waals surface area (Å²) in [4.78, 5) is 4.61. The van der Waals surface area contributed by atoms with Gasteiger partial charge in [0, 0.05) is 29.6 Å². The topological polar surface area (TPSA) is 79.1 Å². The molecule has 2 aromatic heterocycles. The zero-order chi connectivity index (χ0) is 23.6. The Morgan fingerprint density at radius 3 is 2.15 bits per heavy atom. The lowest BCUT2D eigenvalue weighted by Gasteiger charge is -2.15. The van der Waals surface area contributed by atoms with Gasteiger partial charge >= 0.3 is 6.36 Å². The predicted molar refractivity (Wildman–Crippen MR) is 114 cm³/mol. The minimum atomic E-state index is -4.75. The summed E-state index contributed by atoms with van der Waals surface area (Å²) < 4.78 is 58.8. The Labute approximate surface area is 186 Å². The largest absolute Gasteiger partial charge is 0.573 e. The fourth-order valence-corrected chi connectivity index (χ4v) is 3.28. The van der Waals surface area contributed by atoms with Crippen LogP contribution in [0.25, 0.3) is 16.8 Å². The van der Waals surface area contributed by atoms with Gasteiger partial charge in [0.05, 0.1) is 27.5 Å². The third kappa shape index (κ3) is 4.71. The average molecular weight is 460 g/mol. The number of halogens is 3. The van der Waals surface area contributed by atoms with Crippen molar-refractivity contribution < 1.29 is 32.1 Å². The number of anilines is 2. The van der Waals surface area contributed by atoms with Crippen molar-refractivity contribution in [2.24, 2.45) is 0 Å². The third-order valence-corrected chi connectivity index (χ3v) is 4.71. The number of methoxy groups -OCH3 is 3. The number of ether oxygens (including phenoxy) is 4. The summed E-state index contributed by atoms with van der Waals surface area (Å²) in [7, 11) is 4.57. The summed E-state index contributed by atoms with van der Waals surface area (Å²) in [5, 5.41) is 7.45. The van der Waals surface area contributed by atoms with Crippen LogP contribution in [0.1, 0.15) is 0 Å². The molecule has 0 aliphatic heterocycles. The quantitative estimate of drug-likeness (QED) is 0.413. The minimum Gasteiger partial charge on any atom is -0.493 e. The molecule has 172 valence electrons. The first-order valence-electron chi connectivity index (χ1n) is 9.59.